The molecular weight excluding hydrogens is 732 g/mol. The lowest BCUT2D eigenvalue weighted by atomic mass is 9.84. The zero-order chi connectivity index (χ0) is 37.2. The first-order valence-corrected chi connectivity index (χ1v) is 11.2. The van der Waals surface area contributed by atoms with Crippen molar-refractivity contribution in [1.29, 1.82) is 0 Å². The Labute approximate surface area is 237 Å². The Hall–Kier alpha value is -1.80. The number of alkyl halides is 24. The van der Waals surface area contributed by atoms with Crippen LogP contribution >= 0.6 is 0 Å². The van der Waals surface area contributed by atoms with Gasteiger partial charge in [0.1, 0.15) is 6.10 Å². The maximum Gasteiger partial charge on any atom is 0.385 e. The number of epoxide rings is 1. The number of hydrogen-bond acceptors (Lipinski definition) is 3. The molecule has 1 rings (SSSR count). The van der Waals surface area contributed by atoms with Gasteiger partial charge in [0.15, 0.2) is 0 Å². The van der Waals surface area contributed by atoms with Gasteiger partial charge in [-0.2, -0.15) is 96.6 Å². The molecule has 1 aliphatic heterocycles. The van der Waals surface area contributed by atoms with E-state index in [2.05, 4.69) is 9.47 Å². The molecule has 0 aromatic rings. The summed E-state index contributed by atoms with van der Waals surface area (Å²) in [4.78, 5) is 0. The molecule has 27 heteroatoms. The fraction of sp³-hybridized carbons (Fsp3) is 1.00. The molecule has 46 heavy (non-hydrogen) atoms. The summed E-state index contributed by atoms with van der Waals surface area (Å²) in [5, 5.41) is 8.91. The standard InChI is InChI=1S/C19H14F24O3/c20-8(21)10(24,25)12(28,29)14(32,33)16(36,37)18(40,41)19(42,43)17(38,39)15(34,35)13(30,31)11(26,27)9(22,23)2-1-6(3-44)45-4-7-5-46-7/h6-8,44H,1-5H2. The Morgan fingerprint density at radius 1 is 0.543 bits per heavy atom. The van der Waals surface area contributed by atoms with Crippen molar-refractivity contribution in [1.82, 2.24) is 0 Å². The zero-order valence-corrected chi connectivity index (χ0v) is 21.1. The van der Waals surface area contributed by atoms with E-state index in [0.717, 1.165) is 0 Å². The molecule has 0 radical (unpaired) electrons. The van der Waals surface area contributed by atoms with Crippen molar-refractivity contribution in [3.63, 3.8) is 0 Å². The number of aliphatic hydroxyl groups is 1. The Kier molecular flexibility index (Phi) is 11.0. The molecule has 2 atom stereocenters. The summed E-state index contributed by atoms with van der Waals surface area (Å²) in [6, 6.07) is 0. The monoisotopic (exact) mass is 746 g/mol. The highest BCUT2D eigenvalue weighted by molar-refractivity contribution is 5.19. The van der Waals surface area contributed by atoms with Gasteiger partial charge in [-0.05, 0) is 6.42 Å². The molecule has 0 aromatic heterocycles. The SMILES string of the molecule is OCC(CCC(F)(F)C(F)(F)C(F)(F)C(F)(F)C(F)(F)C(F)(F)C(F)(F)C(F)(F)C(F)(F)C(F)(F)C(F)(F)C(F)F)OCC1CO1. The molecule has 0 aromatic carbocycles. The summed E-state index contributed by atoms with van der Waals surface area (Å²) in [5.74, 6) is -96.5. The van der Waals surface area contributed by atoms with Gasteiger partial charge >= 0.3 is 71.6 Å². The van der Waals surface area contributed by atoms with Crippen molar-refractivity contribution in [3.05, 3.63) is 0 Å². The summed E-state index contributed by atoms with van der Waals surface area (Å²) in [7, 11) is 0. The van der Waals surface area contributed by atoms with Crippen LogP contribution in [-0.2, 0) is 9.47 Å². The van der Waals surface area contributed by atoms with Crippen LogP contribution in [0.25, 0.3) is 0 Å². The van der Waals surface area contributed by atoms with Crippen molar-refractivity contribution < 1.29 is 120 Å². The van der Waals surface area contributed by atoms with Crippen LogP contribution in [0.3, 0.4) is 0 Å². The first-order chi connectivity index (χ1) is 20.0. The van der Waals surface area contributed by atoms with Crippen LogP contribution in [0.5, 0.6) is 0 Å². The second-order valence-corrected chi connectivity index (χ2v) is 9.43. The molecule has 1 aliphatic rings. The number of aliphatic hydroxyl groups excluding tert-OH is 1. The second kappa shape index (κ2) is 12.0. The molecule has 1 fully saturated rings. The Bertz CT molecular complexity index is 1050. The lowest BCUT2D eigenvalue weighted by molar-refractivity contribution is -0.476. The molecule has 0 aliphatic carbocycles. The predicted molar refractivity (Wildman–Crippen MR) is 96.2 cm³/mol. The molecule has 0 spiro atoms. The van der Waals surface area contributed by atoms with E-state index in [1.807, 2.05) is 0 Å². The molecule has 1 N–H and O–H groups in total. The van der Waals surface area contributed by atoms with Gasteiger partial charge < -0.3 is 14.6 Å². The third-order valence-electron chi connectivity index (χ3n) is 6.21. The second-order valence-electron chi connectivity index (χ2n) is 9.43. The van der Waals surface area contributed by atoms with Gasteiger partial charge in [0.2, 0.25) is 0 Å². The van der Waals surface area contributed by atoms with E-state index < -0.39 is 110 Å². The highest BCUT2D eigenvalue weighted by Crippen LogP contribution is 2.67. The highest BCUT2D eigenvalue weighted by Gasteiger charge is 2.98. The Morgan fingerprint density at radius 3 is 1.13 bits per heavy atom. The Morgan fingerprint density at radius 2 is 0.848 bits per heavy atom. The molecule has 0 bridgehead atoms. The quantitative estimate of drug-likeness (QED) is 0.115. The van der Waals surface area contributed by atoms with E-state index >= 15 is 0 Å². The van der Waals surface area contributed by atoms with Gasteiger partial charge in [0.05, 0.1) is 25.9 Å². The molecule has 0 amide bonds. The molecular formula is C19H14F24O3. The van der Waals surface area contributed by atoms with E-state index in [-0.39, 0.29) is 6.61 Å². The first-order valence-electron chi connectivity index (χ1n) is 11.2. The van der Waals surface area contributed by atoms with Crippen LogP contribution < -0.4 is 0 Å². The van der Waals surface area contributed by atoms with Crippen molar-refractivity contribution in [2.24, 2.45) is 0 Å². The summed E-state index contributed by atoms with van der Waals surface area (Å²) in [6.07, 6.45) is -13.8. The lowest BCUT2D eigenvalue weighted by Crippen LogP contribution is -2.78. The van der Waals surface area contributed by atoms with Crippen LogP contribution in [0.4, 0.5) is 105 Å². The fourth-order valence-corrected chi connectivity index (χ4v) is 3.09. The molecule has 1 saturated heterocycles. The maximum atomic E-state index is 14.0. The number of rotatable bonds is 18. The third kappa shape index (κ3) is 5.90. The Balaban J connectivity index is 3.61. The maximum absolute atomic E-state index is 14.0. The van der Waals surface area contributed by atoms with Crippen molar-refractivity contribution in [3.8, 4) is 0 Å². The molecule has 3 nitrogen and oxygen atoms in total. The average Bonchev–Trinajstić information content (AvgIpc) is 3.72. The molecule has 276 valence electrons. The first kappa shape index (κ1) is 42.2. The normalized spacial score (nSPS) is 19.6. The van der Waals surface area contributed by atoms with Gasteiger partial charge in [-0.25, -0.2) is 8.78 Å². The summed E-state index contributed by atoms with van der Waals surface area (Å²) < 4.78 is 334. The van der Waals surface area contributed by atoms with Crippen LogP contribution in [0.2, 0.25) is 0 Å². The minimum Gasteiger partial charge on any atom is -0.394 e. The number of halogens is 24. The lowest BCUT2D eigenvalue weighted by Gasteiger charge is -2.45. The van der Waals surface area contributed by atoms with Crippen LogP contribution in [0.15, 0.2) is 0 Å². The van der Waals surface area contributed by atoms with E-state index in [4.69, 9.17) is 5.11 Å². The smallest absolute Gasteiger partial charge is 0.385 e. The predicted octanol–water partition coefficient (Wildman–Crippen LogP) is 7.80. The zero-order valence-electron chi connectivity index (χ0n) is 21.1. The van der Waals surface area contributed by atoms with Crippen molar-refractivity contribution >= 4 is 0 Å². The van der Waals surface area contributed by atoms with Crippen molar-refractivity contribution in [2.45, 2.75) is 96.6 Å². The van der Waals surface area contributed by atoms with E-state index in [9.17, 15) is 105 Å². The average molecular weight is 746 g/mol. The van der Waals surface area contributed by atoms with E-state index in [1.165, 1.54) is 0 Å². The highest BCUT2D eigenvalue weighted by atomic mass is 19.4. The van der Waals surface area contributed by atoms with Crippen molar-refractivity contribution in [2.75, 3.05) is 19.8 Å². The number of ether oxygens (including phenoxy) is 2. The van der Waals surface area contributed by atoms with E-state index in [0.29, 0.717) is 0 Å². The van der Waals surface area contributed by atoms with Crippen LogP contribution in [0, 0.1) is 0 Å². The third-order valence-corrected chi connectivity index (χ3v) is 6.21. The van der Waals surface area contributed by atoms with Crippen LogP contribution in [-0.4, -0.2) is 109 Å². The molecule has 0 saturated carbocycles. The topological polar surface area (TPSA) is 42.0 Å². The minimum atomic E-state index is -9.50. The largest absolute Gasteiger partial charge is 0.394 e. The van der Waals surface area contributed by atoms with Crippen LogP contribution in [0.1, 0.15) is 12.8 Å². The van der Waals surface area contributed by atoms with Gasteiger partial charge in [-0.15, -0.1) is 0 Å². The van der Waals surface area contributed by atoms with Gasteiger partial charge in [-0.3, -0.25) is 0 Å². The van der Waals surface area contributed by atoms with Gasteiger partial charge in [0, 0.05) is 6.42 Å². The summed E-state index contributed by atoms with van der Waals surface area (Å²) in [5.41, 5.74) is 0. The summed E-state index contributed by atoms with van der Waals surface area (Å²) >= 11 is 0. The molecule has 2 unspecified atom stereocenters. The van der Waals surface area contributed by atoms with Gasteiger partial charge in [0.25, 0.3) is 0 Å². The minimum absolute atomic E-state index is 0.0419. The van der Waals surface area contributed by atoms with Gasteiger partial charge in [-0.1, -0.05) is 0 Å². The number of hydrogen-bond donors (Lipinski definition) is 1. The summed E-state index contributed by atoms with van der Waals surface area (Å²) in [6.45, 7) is -2.08. The molecule has 1 heterocycles. The van der Waals surface area contributed by atoms with E-state index in [1.54, 1.807) is 0 Å². The fourth-order valence-electron chi connectivity index (χ4n) is 3.09.